The van der Waals surface area contributed by atoms with Crippen LogP contribution in [0.4, 0.5) is 0 Å². The summed E-state index contributed by atoms with van der Waals surface area (Å²) in [6.45, 7) is 2.21. The minimum Gasteiger partial charge on any atom is -0.273 e. The molecule has 0 radical (unpaired) electrons. The maximum Gasteiger partial charge on any atom is 0.246 e. The van der Waals surface area contributed by atoms with E-state index < -0.39 is 0 Å². The maximum absolute atomic E-state index is 12.4. The minimum absolute atomic E-state index is 0.0731. The zero-order valence-corrected chi connectivity index (χ0v) is 11.9. The highest BCUT2D eigenvalue weighted by Gasteiger charge is 2.33. The molecule has 1 aromatic carbocycles. The van der Waals surface area contributed by atoms with E-state index >= 15 is 0 Å². The maximum atomic E-state index is 12.4. The third-order valence-electron chi connectivity index (χ3n) is 3.59. The van der Waals surface area contributed by atoms with E-state index in [2.05, 4.69) is 11.9 Å². The fraction of sp³-hybridized carbons (Fsp3) is 0.467. The first kappa shape index (κ1) is 12.7. The van der Waals surface area contributed by atoms with Gasteiger partial charge in [-0.15, -0.1) is 0 Å². The number of thioether (sulfide) groups is 1. The van der Waals surface area contributed by atoms with Crippen molar-refractivity contribution in [1.82, 2.24) is 9.55 Å². The van der Waals surface area contributed by atoms with E-state index in [1.54, 1.807) is 16.3 Å². The molecule has 0 saturated carbocycles. The van der Waals surface area contributed by atoms with Crippen LogP contribution in [0.5, 0.6) is 0 Å². The smallest absolute Gasteiger partial charge is 0.246 e. The first-order chi connectivity index (χ1) is 9.31. The molecule has 0 bridgehead atoms. The number of para-hydroxylation sites is 2. The second-order valence-electron chi connectivity index (χ2n) is 5.01. The third kappa shape index (κ3) is 2.29. The lowest BCUT2D eigenvalue weighted by atomic mass is 10.1. The highest BCUT2D eigenvalue weighted by Crippen LogP contribution is 2.37. The van der Waals surface area contributed by atoms with Crippen LogP contribution in [-0.4, -0.2) is 20.7 Å². The zero-order chi connectivity index (χ0) is 13.2. The molecule has 0 fully saturated rings. The molecule has 4 heteroatoms. The number of aromatic nitrogens is 2. The zero-order valence-electron chi connectivity index (χ0n) is 11.1. The fourth-order valence-corrected chi connectivity index (χ4v) is 3.75. The highest BCUT2D eigenvalue weighted by atomic mass is 32.2. The van der Waals surface area contributed by atoms with Crippen molar-refractivity contribution < 1.29 is 4.79 Å². The largest absolute Gasteiger partial charge is 0.273 e. The van der Waals surface area contributed by atoms with Crippen molar-refractivity contribution in [2.75, 3.05) is 0 Å². The topological polar surface area (TPSA) is 34.9 Å². The average molecular weight is 274 g/mol. The van der Waals surface area contributed by atoms with E-state index in [9.17, 15) is 4.79 Å². The number of nitrogens with zero attached hydrogens (tertiary/aromatic N) is 2. The molecule has 0 spiro atoms. The van der Waals surface area contributed by atoms with Crippen LogP contribution in [0, 0.1) is 0 Å². The van der Waals surface area contributed by atoms with Crippen molar-refractivity contribution >= 4 is 28.7 Å². The summed E-state index contributed by atoms with van der Waals surface area (Å²) in [6.07, 6.45) is 5.84. The summed E-state index contributed by atoms with van der Waals surface area (Å²) >= 11 is 1.63. The van der Waals surface area contributed by atoms with Gasteiger partial charge >= 0.3 is 0 Å². The van der Waals surface area contributed by atoms with Gasteiger partial charge in [-0.05, 0) is 18.6 Å². The fourth-order valence-electron chi connectivity index (χ4n) is 2.56. The summed E-state index contributed by atoms with van der Waals surface area (Å²) in [5.74, 6) is 0.213. The summed E-state index contributed by atoms with van der Waals surface area (Å²) in [6, 6.07) is 7.86. The van der Waals surface area contributed by atoms with Crippen LogP contribution >= 0.6 is 11.8 Å². The van der Waals surface area contributed by atoms with Gasteiger partial charge in [0.2, 0.25) is 5.91 Å². The van der Waals surface area contributed by atoms with Gasteiger partial charge in [0.25, 0.3) is 0 Å². The molecule has 1 aromatic heterocycles. The molecule has 1 aliphatic heterocycles. The Labute approximate surface area is 117 Å². The Morgan fingerprint density at radius 2 is 2.11 bits per heavy atom. The van der Waals surface area contributed by atoms with E-state index in [1.165, 1.54) is 19.3 Å². The van der Waals surface area contributed by atoms with E-state index in [0.717, 1.165) is 29.0 Å². The number of unbranched alkanes of at least 4 members (excludes halogenated alkanes) is 3. The summed E-state index contributed by atoms with van der Waals surface area (Å²) < 4.78 is 1.80. The molecule has 19 heavy (non-hydrogen) atoms. The minimum atomic E-state index is 0.0731. The number of imidazole rings is 1. The standard InChI is InChI=1S/C15H18N2OS/c1-2-3-4-5-10-13-14(18)17-12-9-7-6-8-11(12)16-15(17)19-13/h6-9,13H,2-5,10H2,1H3. The van der Waals surface area contributed by atoms with Gasteiger partial charge in [-0.25, -0.2) is 4.98 Å². The molecule has 0 aliphatic carbocycles. The SMILES string of the molecule is CCCCCCC1Sc2nc3ccccc3n2C1=O. The molecule has 1 aliphatic rings. The van der Waals surface area contributed by atoms with Crippen LogP contribution in [0.1, 0.15) is 43.8 Å². The number of rotatable bonds is 5. The van der Waals surface area contributed by atoms with Crippen molar-refractivity contribution in [3.8, 4) is 0 Å². The molecular formula is C15H18N2OS. The number of carbonyl (C=O) groups is 1. The number of fused-ring (bicyclic) bond motifs is 3. The van der Waals surface area contributed by atoms with Crippen molar-refractivity contribution in [2.24, 2.45) is 0 Å². The summed E-state index contributed by atoms with van der Waals surface area (Å²) in [7, 11) is 0. The molecule has 100 valence electrons. The van der Waals surface area contributed by atoms with E-state index in [1.807, 2.05) is 24.3 Å². The lowest BCUT2D eigenvalue weighted by molar-refractivity contribution is 0.0911. The Balaban J connectivity index is 1.75. The number of hydrogen-bond acceptors (Lipinski definition) is 3. The normalized spacial score (nSPS) is 18.2. The van der Waals surface area contributed by atoms with Gasteiger partial charge in [0.15, 0.2) is 5.16 Å². The quantitative estimate of drug-likeness (QED) is 0.769. The predicted molar refractivity (Wildman–Crippen MR) is 78.8 cm³/mol. The molecule has 0 amide bonds. The van der Waals surface area contributed by atoms with E-state index in [4.69, 9.17) is 0 Å². The second kappa shape index (κ2) is 5.37. The third-order valence-corrected chi connectivity index (χ3v) is 4.80. The Morgan fingerprint density at radius 1 is 1.26 bits per heavy atom. The molecule has 1 unspecified atom stereocenters. The monoisotopic (exact) mass is 274 g/mol. The van der Waals surface area contributed by atoms with Crippen LogP contribution in [0.25, 0.3) is 11.0 Å². The van der Waals surface area contributed by atoms with Gasteiger partial charge in [-0.2, -0.15) is 0 Å². The Hall–Kier alpha value is -1.29. The van der Waals surface area contributed by atoms with E-state index in [0.29, 0.717) is 0 Å². The first-order valence-corrected chi connectivity index (χ1v) is 7.87. The van der Waals surface area contributed by atoms with Gasteiger partial charge in [0, 0.05) is 0 Å². The van der Waals surface area contributed by atoms with E-state index in [-0.39, 0.29) is 11.2 Å². The van der Waals surface area contributed by atoms with Crippen LogP contribution < -0.4 is 0 Å². The molecule has 0 saturated heterocycles. The highest BCUT2D eigenvalue weighted by molar-refractivity contribution is 8.00. The van der Waals surface area contributed by atoms with Gasteiger partial charge in [-0.1, -0.05) is 56.5 Å². The first-order valence-electron chi connectivity index (χ1n) is 6.99. The van der Waals surface area contributed by atoms with Gasteiger partial charge in [0.05, 0.1) is 16.3 Å². The van der Waals surface area contributed by atoms with Crippen LogP contribution in [0.3, 0.4) is 0 Å². The second-order valence-corrected chi connectivity index (χ2v) is 6.18. The number of hydrogen-bond donors (Lipinski definition) is 0. The van der Waals surface area contributed by atoms with Crippen molar-refractivity contribution in [2.45, 2.75) is 49.4 Å². The van der Waals surface area contributed by atoms with Gasteiger partial charge in [-0.3, -0.25) is 9.36 Å². The van der Waals surface area contributed by atoms with Crippen LogP contribution in [0.2, 0.25) is 0 Å². The van der Waals surface area contributed by atoms with Crippen molar-refractivity contribution in [3.63, 3.8) is 0 Å². The lowest BCUT2D eigenvalue weighted by Gasteiger charge is -2.06. The lowest BCUT2D eigenvalue weighted by Crippen LogP contribution is -2.17. The molecular weight excluding hydrogens is 256 g/mol. The molecule has 3 rings (SSSR count). The summed E-state index contributed by atoms with van der Waals surface area (Å²) in [4.78, 5) is 17.0. The number of benzene rings is 1. The summed E-state index contributed by atoms with van der Waals surface area (Å²) in [5, 5.41) is 0.940. The molecule has 2 aromatic rings. The van der Waals surface area contributed by atoms with Crippen molar-refractivity contribution in [3.05, 3.63) is 24.3 Å². The molecule has 0 N–H and O–H groups in total. The molecule has 3 nitrogen and oxygen atoms in total. The average Bonchev–Trinajstić information content (AvgIpc) is 2.92. The summed E-state index contributed by atoms with van der Waals surface area (Å²) in [5.41, 5.74) is 1.87. The Morgan fingerprint density at radius 3 is 2.95 bits per heavy atom. The molecule has 2 heterocycles. The van der Waals surface area contributed by atoms with Gasteiger partial charge in [0.1, 0.15) is 0 Å². The predicted octanol–water partition coefficient (Wildman–Crippen LogP) is 4.12. The van der Waals surface area contributed by atoms with Crippen molar-refractivity contribution in [1.29, 1.82) is 0 Å². The molecule has 1 atom stereocenters. The Bertz CT molecular complexity index is 605. The van der Waals surface area contributed by atoms with Gasteiger partial charge < -0.3 is 0 Å². The Kier molecular flexibility index (Phi) is 3.60. The van der Waals surface area contributed by atoms with Crippen LogP contribution in [0.15, 0.2) is 29.4 Å². The van der Waals surface area contributed by atoms with Crippen LogP contribution in [-0.2, 0) is 0 Å². The number of carbonyl (C=O) groups excluding carboxylic acids is 1.